The minimum Gasteiger partial charge on any atom is -0.469 e. The molecule has 0 aromatic carbocycles. The van der Waals surface area contributed by atoms with Crippen LogP contribution in [0.5, 0.6) is 0 Å². The van der Waals surface area contributed by atoms with Crippen LogP contribution in [0.4, 0.5) is 0 Å². The SMILES string of the molecule is CC(Cc1ccco1)NS(=O)(=O)N1CCCCCC1. The molecule has 1 aromatic rings. The molecule has 0 radical (unpaired) electrons. The first-order valence-corrected chi connectivity index (χ1v) is 8.32. The van der Waals surface area contributed by atoms with Gasteiger partial charge in [0.05, 0.1) is 6.26 Å². The summed E-state index contributed by atoms with van der Waals surface area (Å²) in [6.07, 6.45) is 6.31. The van der Waals surface area contributed by atoms with Gasteiger partial charge in [0.25, 0.3) is 10.2 Å². The first-order valence-electron chi connectivity index (χ1n) is 6.88. The number of nitrogens with zero attached hydrogens (tertiary/aromatic N) is 1. The van der Waals surface area contributed by atoms with Crippen molar-refractivity contribution in [3.8, 4) is 0 Å². The van der Waals surface area contributed by atoms with Gasteiger partial charge in [0, 0.05) is 25.6 Å². The third-order valence-corrected chi connectivity index (χ3v) is 5.09. The van der Waals surface area contributed by atoms with E-state index in [0.717, 1.165) is 31.4 Å². The van der Waals surface area contributed by atoms with Gasteiger partial charge >= 0.3 is 0 Å². The van der Waals surface area contributed by atoms with E-state index in [4.69, 9.17) is 4.42 Å². The molecular formula is C13H22N2O3S. The standard InChI is InChI=1S/C13H22N2O3S/c1-12(11-13-7-6-10-18-13)14-19(16,17)15-8-4-2-3-5-9-15/h6-7,10,12,14H,2-5,8-9,11H2,1H3. The van der Waals surface area contributed by atoms with E-state index in [2.05, 4.69) is 4.72 Å². The highest BCUT2D eigenvalue weighted by Crippen LogP contribution is 2.13. The highest BCUT2D eigenvalue weighted by molar-refractivity contribution is 7.87. The Kier molecular flexibility index (Phi) is 5.01. The molecule has 5 nitrogen and oxygen atoms in total. The fourth-order valence-corrected chi connectivity index (χ4v) is 3.86. The maximum Gasteiger partial charge on any atom is 0.279 e. The van der Waals surface area contributed by atoms with Gasteiger partial charge in [-0.15, -0.1) is 0 Å². The zero-order valence-corrected chi connectivity index (χ0v) is 12.2. The topological polar surface area (TPSA) is 62.6 Å². The molecule has 6 heteroatoms. The Morgan fingerprint density at radius 3 is 2.58 bits per heavy atom. The van der Waals surface area contributed by atoms with E-state index in [1.165, 1.54) is 0 Å². The summed E-state index contributed by atoms with van der Waals surface area (Å²) in [6.45, 7) is 3.11. The molecule has 1 aliphatic rings. The van der Waals surface area contributed by atoms with Crippen molar-refractivity contribution in [2.75, 3.05) is 13.1 Å². The van der Waals surface area contributed by atoms with Crippen molar-refractivity contribution < 1.29 is 12.8 Å². The van der Waals surface area contributed by atoms with Gasteiger partial charge in [-0.3, -0.25) is 0 Å². The molecule has 0 spiro atoms. The molecule has 0 aliphatic carbocycles. The predicted octanol–water partition coefficient (Wildman–Crippen LogP) is 1.92. The molecule has 1 atom stereocenters. The summed E-state index contributed by atoms with van der Waals surface area (Å²) in [7, 11) is -3.37. The number of furan rings is 1. The van der Waals surface area contributed by atoms with Crippen molar-refractivity contribution in [1.29, 1.82) is 0 Å². The van der Waals surface area contributed by atoms with Gasteiger partial charge in [0.1, 0.15) is 5.76 Å². The van der Waals surface area contributed by atoms with Crippen LogP contribution in [0.15, 0.2) is 22.8 Å². The first kappa shape index (κ1) is 14.6. The summed E-state index contributed by atoms with van der Waals surface area (Å²) in [5.74, 6) is 0.797. The van der Waals surface area contributed by atoms with Gasteiger partial charge in [0.15, 0.2) is 0 Å². The average Bonchev–Trinajstić information content (AvgIpc) is 2.67. The molecule has 0 saturated carbocycles. The van der Waals surface area contributed by atoms with Crippen molar-refractivity contribution >= 4 is 10.2 Å². The van der Waals surface area contributed by atoms with Gasteiger partial charge in [-0.25, -0.2) is 0 Å². The third kappa shape index (κ3) is 4.33. The number of rotatable bonds is 5. The summed E-state index contributed by atoms with van der Waals surface area (Å²) in [5, 5.41) is 0. The Balaban J connectivity index is 1.92. The summed E-state index contributed by atoms with van der Waals surface area (Å²) in [5.41, 5.74) is 0. The van der Waals surface area contributed by atoms with Crippen LogP contribution in [0.25, 0.3) is 0 Å². The predicted molar refractivity (Wildman–Crippen MR) is 74.0 cm³/mol. The van der Waals surface area contributed by atoms with E-state index >= 15 is 0 Å². The van der Waals surface area contributed by atoms with Crippen LogP contribution in [0, 0.1) is 0 Å². The largest absolute Gasteiger partial charge is 0.469 e. The van der Waals surface area contributed by atoms with Gasteiger partial charge in [-0.1, -0.05) is 12.8 Å². The lowest BCUT2D eigenvalue weighted by molar-refractivity contribution is 0.405. The van der Waals surface area contributed by atoms with Crippen LogP contribution in [-0.2, 0) is 16.6 Å². The van der Waals surface area contributed by atoms with Crippen molar-refractivity contribution in [1.82, 2.24) is 9.03 Å². The lowest BCUT2D eigenvalue weighted by Gasteiger charge is -2.22. The second-order valence-electron chi connectivity index (χ2n) is 5.12. The molecule has 0 amide bonds. The van der Waals surface area contributed by atoms with E-state index in [0.29, 0.717) is 19.5 Å². The quantitative estimate of drug-likeness (QED) is 0.899. The molecule has 1 fully saturated rings. The van der Waals surface area contributed by atoms with Crippen LogP contribution in [0.1, 0.15) is 38.4 Å². The van der Waals surface area contributed by atoms with E-state index in [-0.39, 0.29) is 6.04 Å². The normalized spacial score (nSPS) is 20.1. The minimum absolute atomic E-state index is 0.167. The van der Waals surface area contributed by atoms with E-state index < -0.39 is 10.2 Å². The van der Waals surface area contributed by atoms with Crippen LogP contribution in [0.2, 0.25) is 0 Å². The lowest BCUT2D eigenvalue weighted by atomic mass is 10.2. The molecule has 108 valence electrons. The number of hydrogen-bond acceptors (Lipinski definition) is 3. The maximum absolute atomic E-state index is 12.3. The molecule has 2 rings (SSSR count). The van der Waals surface area contributed by atoms with Gasteiger partial charge in [-0.05, 0) is 31.9 Å². The zero-order chi connectivity index (χ0) is 13.7. The van der Waals surface area contributed by atoms with Crippen LogP contribution < -0.4 is 4.72 Å². The molecule has 1 unspecified atom stereocenters. The summed E-state index contributed by atoms with van der Waals surface area (Å²) >= 11 is 0. The fraction of sp³-hybridized carbons (Fsp3) is 0.692. The van der Waals surface area contributed by atoms with Gasteiger partial charge < -0.3 is 4.42 Å². The molecule has 1 aliphatic heterocycles. The smallest absolute Gasteiger partial charge is 0.279 e. The molecule has 1 aromatic heterocycles. The van der Waals surface area contributed by atoms with E-state index in [9.17, 15) is 8.42 Å². The van der Waals surface area contributed by atoms with E-state index in [1.807, 2.05) is 19.1 Å². The van der Waals surface area contributed by atoms with Crippen molar-refractivity contribution in [3.63, 3.8) is 0 Å². The van der Waals surface area contributed by atoms with Crippen LogP contribution in [-0.4, -0.2) is 31.9 Å². The van der Waals surface area contributed by atoms with Gasteiger partial charge in [-0.2, -0.15) is 17.4 Å². The Bertz CT molecular complexity index is 462. The van der Waals surface area contributed by atoms with Crippen LogP contribution in [0.3, 0.4) is 0 Å². The second-order valence-corrected chi connectivity index (χ2v) is 6.82. The van der Waals surface area contributed by atoms with E-state index in [1.54, 1.807) is 10.6 Å². The Hall–Kier alpha value is -0.850. The highest BCUT2D eigenvalue weighted by atomic mass is 32.2. The van der Waals surface area contributed by atoms with Crippen molar-refractivity contribution in [2.45, 2.75) is 45.1 Å². The third-order valence-electron chi connectivity index (χ3n) is 3.34. The highest BCUT2D eigenvalue weighted by Gasteiger charge is 2.24. The number of hydrogen-bond donors (Lipinski definition) is 1. The summed E-state index contributed by atoms with van der Waals surface area (Å²) in [4.78, 5) is 0. The molecule has 2 heterocycles. The Labute approximate surface area is 115 Å². The van der Waals surface area contributed by atoms with Crippen LogP contribution >= 0.6 is 0 Å². The van der Waals surface area contributed by atoms with Gasteiger partial charge in [0.2, 0.25) is 0 Å². The molecule has 0 bridgehead atoms. The summed E-state index contributed by atoms with van der Waals surface area (Å²) in [6, 6.07) is 3.50. The molecular weight excluding hydrogens is 264 g/mol. The number of nitrogens with one attached hydrogen (secondary N) is 1. The molecule has 1 N–H and O–H groups in total. The van der Waals surface area contributed by atoms with Crippen molar-refractivity contribution in [2.24, 2.45) is 0 Å². The molecule has 1 saturated heterocycles. The molecule has 19 heavy (non-hydrogen) atoms. The Morgan fingerprint density at radius 1 is 1.32 bits per heavy atom. The first-order chi connectivity index (χ1) is 9.08. The average molecular weight is 286 g/mol. The zero-order valence-electron chi connectivity index (χ0n) is 11.3. The lowest BCUT2D eigenvalue weighted by Crippen LogP contribution is -2.45. The summed E-state index contributed by atoms with van der Waals surface area (Å²) < 4.78 is 34.1. The monoisotopic (exact) mass is 286 g/mol. The minimum atomic E-state index is -3.37. The second kappa shape index (κ2) is 6.54. The fourth-order valence-electron chi connectivity index (χ4n) is 2.38. The van der Waals surface area contributed by atoms with Crippen molar-refractivity contribution in [3.05, 3.63) is 24.2 Å². The Morgan fingerprint density at radius 2 is 2.00 bits per heavy atom. The maximum atomic E-state index is 12.3.